The van der Waals surface area contributed by atoms with Crippen molar-refractivity contribution in [3.63, 3.8) is 0 Å². The van der Waals surface area contributed by atoms with Gasteiger partial charge in [0.15, 0.2) is 0 Å². The summed E-state index contributed by atoms with van der Waals surface area (Å²) in [6.07, 6.45) is 1.50. The number of hydrogen-bond acceptors (Lipinski definition) is 4. The SMILES string of the molecule is CCN(Cc1ccccc1)c1ccc(C=NOCC(=O)O)cc1. The van der Waals surface area contributed by atoms with Crippen LogP contribution in [-0.4, -0.2) is 30.4 Å². The van der Waals surface area contributed by atoms with Gasteiger partial charge in [0.1, 0.15) is 0 Å². The predicted octanol–water partition coefficient (Wildman–Crippen LogP) is 3.15. The van der Waals surface area contributed by atoms with Crippen LogP contribution in [0.2, 0.25) is 0 Å². The number of anilines is 1. The number of carboxylic acids is 1. The highest BCUT2D eigenvalue weighted by Crippen LogP contribution is 2.17. The van der Waals surface area contributed by atoms with Gasteiger partial charge in [-0.25, -0.2) is 4.79 Å². The summed E-state index contributed by atoms with van der Waals surface area (Å²) in [5, 5.41) is 12.1. The number of aliphatic carboxylic acids is 1. The lowest BCUT2D eigenvalue weighted by Crippen LogP contribution is -2.21. The molecule has 0 radical (unpaired) electrons. The van der Waals surface area contributed by atoms with Crippen LogP contribution in [-0.2, 0) is 16.2 Å². The molecule has 0 atom stereocenters. The molecule has 1 N–H and O–H groups in total. The number of carbonyl (C=O) groups is 1. The third kappa shape index (κ3) is 5.47. The molecule has 0 aliphatic heterocycles. The first-order valence-corrected chi connectivity index (χ1v) is 7.45. The van der Waals surface area contributed by atoms with E-state index in [-0.39, 0.29) is 0 Å². The molecule has 0 aliphatic rings. The van der Waals surface area contributed by atoms with E-state index in [2.05, 4.69) is 33.9 Å². The number of benzene rings is 2. The molecule has 0 bridgehead atoms. The van der Waals surface area contributed by atoms with Crippen LogP contribution in [0, 0.1) is 0 Å². The highest BCUT2D eigenvalue weighted by Gasteiger charge is 2.05. The van der Waals surface area contributed by atoms with E-state index < -0.39 is 12.6 Å². The maximum Gasteiger partial charge on any atom is 0.344 e. The van der Waals surface area contributed by atoms with Crippen molar-refractivity contribution in [1.29, 1.82) is 0 Å². The Labute approximate surface area is 135 Å². The number of hydrogen-bond donors (Lipinski definition) is 1. The minimum Gasteiger partial charge on any atom is -0.479 e. The Morgan fingerprint density at radius 3 is 2.48 bits per heavy atom. The van der Waals surface area contributed by atoms with Gasteiger partial charge in [0, 0.05) is 18.8 Å². The van der Waals surface area contributed by atoms with E-state index in [0.29, 0.717) is 0 Å². The molecular weight excluding hydrogens is 292 g/mol. The van der Waals surface area contributed by atoms with Crippen LogP contribution >= 0.6 is 0 Å². The van der Waals surface area contributed by atoms with Gasteiger partial charge >= 0.3 is 5.97 Å². The second-order valence-corrected chi connectivity index (χ2v) is 4.99. The van der Waals surface area contributed by atoms with E-state index in [4.69, 9.17) is 5.11 Å². The second-order valence-electron chi connectivity index (χ2n) is 4.99. The number of oxime groups is 1. The van der Waals surface area contributed by atoms with E-state index in [1.807, 2.05) is 42.5 Å². The summed E-state index contributed by atoms with van der Waals surface area (Å²) in [6.45, 7) is 3.45. The first-order chi connectivity index (χ1) is 11.2. The molecule has 0 aromatic heterocycles. The first kappa shape index (κ1) is 16.5. The third-order valence-electron chi connectivity index (χ3n) is 3.32. The predicted molar refractivity (Wildman–Crippen MR) is 90.8 cm³/mol. The standard InChI is InChI=1S/C18H20N2O3/c1-2-20(13-16-6-4-3-5-7-16)17-10-8-15(9-11-17)12-19-23-14-18(21)22/h3-12H,2,13-14H2,1H3,(H,21,22). The second kappa shape index (κ2) is 8.58. The summed E-state index contributed by atoms with van der Waals surface area (Å²) >= 11 is 0. The van der Waals surface area contributed by atoms with Crippen LogP contribution < -0.4 is 4.90 Å². The van der Waals surface area contributed by atoms with Crippen LogP contribution in [0.3, 0.4) is 0 Å². The zero-order valence-electron chi connectivity index (χ0n) is 13.1. The van der Waals surface area contributed by atoms with E-state index in [1.165, 1.54) is 11.8 Å². The Balaban J connectivity index is 1.98. The molecule has 0 saturated carbocycles. The van der Waals surface area contributed by atoms with Crippen LogP contribution in [0.5, 0.6) is 0 Å². The summed E-state index contributed by atoms with van der Waals surface area (Å²) in [6, 6.07) is 18.2. The van der Waals surface area contributed by atoms with Gasteiger partial charge in [0.25, 0.3) is 0 Å². The summed E-state index contributed by atoms with van der Waals surface area (Å²) in [7, 11) is 0. The molecule has 0 fully saturated rings. The largest absolute Gasteiger partial charge is 0.479 e. The van der Waals surface area contributed by atoms with E-state index in [1.54, 1.807) is 0 Å². The molecule has 0 unspecified atom stereocenters. The average Bonchev–Trinajstić information content (AvgIpc) is 2.58. The lowest BCUT2D eigenvalue weighted by atomic mass is 10.1. The molecule has 120 valence electrons. The van der Waals surface area contributed by atoms with Crippen LogP contribution in [0.15, 0.2) is 59.8 Å². The van der Waals surface area contributed by atoms with Gasteiger partial charge in [-0.15, -0.1) is 0 Å². The third-order valence-corrected chi connectivity index (χ3v) is 3.32. The Kier molecular flexibility index (Phi) is 6.17. The lowest BCUT2D eigenvalue weighted by Gasteiger charge is -2.23. The molecule has 0 aliphatic carbocycles. The molecular formula is C18H20N2O3. The fourth-order valence-corrected chi connectivity index (χ4v) is 2.15. The van der Waals surface area contributed by atoms with E-state index in [0.717, 1.165) is 24.3 Å². The van der Waals surface area contributed by atoms with Crippen molar-refractivity contribution in [3.05, 3.63) is 65.7 Å². The van der Waals surface area contributed by atoms with Gasteiger partial charge in [-0.2, -0.15) is 0 Å². The quantitative estimate of drug-likeness (QED) is 0.601. The van der Waals surface area contributed by atoms with Gasteiger partial charge in [-0.05, 0) is 30.2 Å². The fraction of sp³-hybridized carbons (Fsp3) is 0.222. The van der Waals surface area contributed by atoms with E-state index >= 15 is 0 Å². The highest BCUT2D eigenvalue weighted by molar-refractivity contribution is 5.80. The van der Waals surface area contributed by atoms with Crippen molar-refractivity contribution < 1.29 is 14.7 Å². The van der Waals surface area contributed by atoms with E-state index in [9.17, 15) is 4.79 Å². The van der Waals surface area contributed by atoms with Gasteiger partial charge in [0.05, 0.1) is 6.21 Å². The van der Waals surface area contributed by atoms with Gasteiger partial charge < -0.3 is 14.8 Å². The van der Waals surface area contributed by atoms with Gasteiger partial charge in [0.2, 0.25) is 6.61 Å². The maximum absolute atomic E-state index is 10.3. The smallest absolute Gasteiger partial charge is 0.344 e. The molecule has 0 amide bonds. The Morgan fingerprint density at radius 1 is 1.17 bits per heavy atom. The fourth-order valence-electron chi connectivity index (χ4n) is 2.15. The first-order valence-electron chi connectivity index (χ1n) is 7.45. The maximum atomic E-state index is 10.3. The molecule has 2 aromatic carbocycles. The topological polar surface area (TPSA) is 62.1 Å². The minimum atomic E-state index is -1.04. The minimum absolute atomic E-state index is 0.435. The van der Waals surface area contributed by atoms with Crippen LogP contribution in [0.4, 0.5) is 5.69 Å². The molecule has 2 rings (SSSR count). The van der Waals surface area contributed by atoms with Crippen molar-refractivity contribution in [2.24, 2.45) is 5.16 Å². The Bertz CT molecular complexity index is 639. The molecule has 5 nitrogen and oxygen atoms in total. The summed E-state index contributed by atoms with van der Waals surface area (Å²) in [4.78, 5) is 17.2. The number of nitrogens with zero attached hydrogens (tertiary/aromatic N) is 2. The molecule has 0 spiro atoms. The van der Waals surface area contributed by atoms with Crippen molar-refractivity contribution in [2.75, 3.05) is 18.1 Å². The lowest BCUT2D eigenvalue weighted by molar-refractivity contribution is -0.142. The van der Waals surface area contributed by atoms with Gasteiger partial charge in [-0.1, -0.05) is 47.6 Å². The van der Waals surface area contributed by atoms with Crippen LogP contribution in [0.25, 0.3) is 0 Å². The monoisotopic (exact) mass is 312 g/mol. The molecule has 2 aromatic rings. The Morgan fingerprint density at radius 2 is 1.87 bits per heavy atom. The van der Waals surface area contributed by atoms with Crippen molar-refractivity contribution >= 4 is 17.9 Å². The van der Waals surface area contributed by atoms with Crippen molar-refractivity contribution in [2.45, 2.75) is 13.5 Å². The number of carboxylic acid groups (broad SMARTS) is 1. The highest BCUT2D eigenvalue weighted by atomic mass is 16.6. The summed E-state index contributed by atoms with van der Waals surface area (Å²) < 4.78 is 0. The Hall–Kier alpha value is -2.82. The average molecular weight is 312 g/mol. The molecule has 5 heteroatoms. The van der Waals surface area contributed by atoms with Crippen LogP contribution in [0.1, 0.15) is 18.1 Å². The zero-order valence-corrected chi connectivity index (χ0v) is 13.1. The zero-order chi connectivity index (χ0) is 16.5. The molecule has 23 heavy (non-hydrogen) atoms. The van der Waals surface area contributed by atoms with Crippen molar-refractivity contribution in [1.82, 2.24) is 0 Å². The normalized spacial score (nSPS) is 10.7. The summed E-state index contributed by atoms with van der Waals surface area (Å²) in [5.41, 5.74) is 3.25. The number of rotatable bonds is 8. The van der Waals surface area contributed by atoms with Crippen molar-refractivity contribution in [3.8, 4) is 0 Å². The molecule has 0 heterocycles. The molecule has 0 saturated heterocycles. The van der Waals surface area contributed by atoms with Gasteiger partial charge in [-0.3, -0.25) is 0 Å². The summed E-state index contributed by atoms with van der Waals surface area (Å²) in [5.74, 6) is -1.04.